The number of nitrogens with one attached hydrogen (secondary N) is 3. The highest BCUT2D eigenvalue weighted by molar-refractivity contribution is 5.80. The fourth-order valence-electron chi connectivity index (χ4n) is 1.42. The molecule has 21 heavy (non-hydrogen) atoms. The molecule has 0 spiro atoms. The van der Waals surface area contributed by atoms with Crippen LogP contribution in [0.15, 0.2) is 28.4 Å². The molecule has 3 aromatic heterocycles. The van der Waals surface area contributed by atoms with Gasteiger partial charge in [0.2, 0.25) is 0 Å². The minimum absolute atomic E-state index is 0.270. The molecule has 9 nitrogen and oxygen atoms in total. The van der Waals surface area contributed by atoms with Crippen molar-refractivity contribution in [1.29, 1.82) is 0 Å². The van der Waals surface area contributed by atoms with Crippen LogP contribution in [0.2, 0.25) is 0 Å². The summed E-state index contributed by atoms with van der Waals surface area (Å²) < 4.78 is 0. The molecule has 0 saturated heterocycles. The van der Waals surface area contributed by atoms with Crippen molar-refractivity contribution in [2.45, 2.75) is 6.92 Å². The number of nitrogens with two attached hydrogens (primary N) is 1. The quantitative estimate of drug-likeness (QED) is 0.404. The van der Waals surface area contributed by atoms with E-state index in [1.165, 1.54) is 18.9 Å². The lowest BCUT2D eigenvalue weighted by molar-refractivity contribution is 1.03. The normalized spacial score (nSPS) is 9.38. The van der Waals surface area contributed by atoms with Crippen molar-refractivity contribution in [2.75, 3.05) is 5.73 Å². The predicted octanol–water partition coefficient (Wildman–Crippen LogP) is -0.630. The van der Waals surface area contributed by atoms with E-state index in [4.69, 9.17) is 5.73 Å². The molecule has 0 aliphatic carbocycles. The van der Waals surface area contributed by atoms with Gasteiger partial charge in [-0.15, -0.1) is 5.92 Å². The largest absolute Gasteiger partial charge is 0.382 e. The van der Waals surface area contributed by atoms with Gasteiger partial charge in [0.15, 0.2) is 11.5 Å². The van der Waals surface area contributed by atoms with E-state index >= 15 is 0 Å². The van der Waals surface area contributed by atoms with Gasteiger partial charge in [-0.1, -0.05) is 5.92 Å². The van der Waals surface area contributed by atoms with Crippen LogP contribution in [0.25, 0.3) is 11.2 Å². The number of rotatable bonds is 0. The third-order valence-corrected chi connectivity index (χ3v) is 2.33. The Morgan fingerprint density at radius 2 is 2.00 bits per heavy atom. The number of aromatic amines is 3. The second-order valence-corrected chi connectivity index (χ2v) is 3.72. The molecule has 3 heterocycles. The van der Waals surface area contributed by atoms with Gasteiger partial charge in [-0.2, -0.15) is 0 Å². The van der Waals surface area contributed by atoms with E-state index in [0.29, 0.717) is 17.0 Å². The Labute approximate surface area is 117 Å². The molecule has 0 unspecified atom stereocenters. The highest BCUT2D eigenvalue weighted by Crippen LogP contribution is 2.09. The van der Waals surface area contributed by atoms with Crippen LogP contribution in [0, 0.1) is 11.8 Å². The van der Waals surface area contributed by atoms with E-state index in [1.54, 1.807) is 6.92 Å². The number of fused-ring (bicyclic) bond motifs is 1. The Hall–Kier alpha value is -3.41. The fraction of sp³-hybridized carbons (Fsp3) is 0.0833. The predicted molar refractivity (Wildman–Crippen MR) is 76.3 cm³/mol. The number of hydrogen-bond donors (Lipinski definition) is 4. The average molecular weight is 285 g/mol. The molecular weight excluding hydrogens is 274 g/mol. The summed E-state index contributed by atoms with van der Waals surface area (Å²) in [7, 11) is 0. The van der Waals surface area contributed by atoms with Crippen molar-refractivity contribution >= 4 is 17.0 Å². The molecule has 3 rings (SSSR count). The van der Waals surface area contributed by atoms with Crippen molar-refractivity contribution in [3.05, 3.63) is 45.3 Å². The van der Waals surface area contributed by atoms with Crippen LogP contribution in [-0.4, -0.2) is 29.9 Å². The second-order valence-electron chi connectivity index (χ2n) is 3.72. The van der Waals surface area contributed by atoms with E-state index in [9.17, 15) is 9.59 Å². The van der Waals surface area contributed by atoms with Gasteiger partial charge in [0.25, 0.3) is 5.56 Å². The van der Waals surface area contributed by atoms with E-state index in [1.807, 2.05) is 0 Å². The number of anilines is 1. The molecule has 106 valence electrons. The monoisotopic (exact) mass is 285 g/mol. The van der Waals surface area contributed by atoms with Crippen molar-refractivity contribution in [2.24, 2.45) is 0 Å². The molecule has 0 saturated carbocycles. The van der Waals surface area contributed by atoms with Crippen LogP contribution in [0.4, 0.5) is 5.82 Å². The molecule has 0 aromatic carbocycles. The first-order valence-corrected chi connectivity index (χ1v) is 5.76. The number of aromatic nitrogens is 6. The number of hydrogen-bond acceptors (Lipinski definition) is 6. The Balaban J connectivity index is 0.000000154. The summed E-state index contributed by atoms with van der Waals surface area (Å²) in [6, 6.07) is 0. The van der Waals surface area contributed by atoms with E-state index < -0.39 is 11.2 Å². The van der Waals surface area contributed by atoms with Gasteiger partial charge in [-0.25, -0.2) is 19.7 Å². The van der Waals surface area contributed by atoms with Crippen LogP contribution in [0.3, 0.4) is 0 Å². The first-order chi connectivity index (χ1) is 10.1. The molecule has 9 heteroatoms. The van der Waals surface area contributed by atoms with Gasteiger partial charge in [-0.05, 0) is 6.92 Å². The minimum Gasteiger partial charge on any atom is -0.382 e. The first kappa shape index (κ1) is 14.0. The molecule has 0 aliphatic heterocycles. The SMILES string of the molecule is CC#Cc1c[nH]c(=O)[nH]c1=O.Nc1ncnc2nc[nH]c12. The van der Waals surface area contributed by atoms with Gasteiger partial charge < -0.3 is 15.7 Å². The summed E-state index contributed by atoms with van der Waals surface area (Å²) in [5.74, 6) is 5.52. The summed E-state index contributed by atoms with van der Waals surface area (Å²) in [5, 5.41) is 0. The summed E-state index contributed by atoms with van der Waals surface area (Å²) in [4.78, 5) is 40.1. The maximum absolute atomic E-state index is 10.9. The highest BCUT2D eigenvalue weighted by atomic mass is 16.2. The lowest BCUT2D eigenvalue weighted by atomic mass is 10.3. The van der Waals surface area contributed by atoms with E-state index in [0.717, 1.165) is 0 Å². The van der Waals surface area contributed by atoms with Gasteiger partial charge in [0.05, 0.1) is 6.33 Å². The zero-order valence-corrected chi connectivity index (χ0v) is 11.0. The minimum atomic E-state index is -0.517. The molecular formula is C12H11N7O2. The molecule has 0 aliphatic rings. The van der Waals surface area contributed by atoms with Crippen molar-refractivity contribution in [1.82, 2.24) is 29.9 Å². The molecule has 0 atom stereocenters. The summed E-state index contributed by atoms with van der Waals surface area (Å²) in [5.41, 5.74) is 6.08. The Morgan fingerprint density at radius 1 is 1.19 bits per heavy atom. The van der Waals surface area contributed by atoms with Crippen LogP contribution in [0.5, 0.6) is 0 Å². The zero-order chi connectivity index (χ0) is 15.2. The molecule has 0 radical (unpaired) electrons. The van der Waals surface area contributed by atoms with Crippen LogP contribution in [0.1, 0.15) is 12.5 Å². The van der Waals surface area contributed by atoms with E-state index in [-0.39, 0.29) is 5.56 Å². The zero-order valence-electron chi connectivity index (χ0n) is 11.0. The molecule has 0 bridgehead atoms. The Bertz CT molecular complexity index is 926. The lowest BCUT2D eigenvalue weighted by Crippen LogP contribution is -2.23. The third kappa shape index (κ3) is 3.32. The molecule has 0 amide bonds. The number of imidazole rings is 1. The molecule has 5 N–H and O–H groups in total. The summed E-state index contributed by atoms with van der Waals surface area (Å²) >= 11 is 0. The average Bonchev–Trinajstić information content (AvgIpc) is 2.93. The molecule has 0 fully saturated rings. The Kier molecular flexibility index (Phi) is 4.11. The van der Waals surface area contributed by atoms with Gasteiger partial charge in [0.1, 0.15) is 17.4 Å². The third-order valence-electron chi connectivity index (χ3n) is 2.33. The fourth-order valence-corrected chi connectivity index (χ4v) is 1.42. The topological polar surface area (TPSA) is 146 Å². The Morgan fingerprint density at radius 3 is 2.67 bits per heavy atom. The maximum atomic E-state index is 10.9. The van der Waals surface area contributed by atoms with Crippen molar-refractivity contribution in [3.8, 4) is 11.8 Å². The van der Waals surface area contributed by atoms with Crippen molar-refractivity contribution in [3.63, 3.8) is 0 Å². The van der Waals surface area contributed by atoms with Crippen LogP contribution < -0.4 is 17.0 Å². The summed E-state index contributed by atoms with van der Waals surface area (Å²) in [6.07, 6.45) is 4.21. The molecule has 3 aromatic rings. The van der Waals surface area contributed by atoms with Gasteiger partial charge in [-0.3, -0.25) is 9.78 Å². The lowest BCUT2D eigenvalue weighted by Gasteiger charge is -1.89. The smallest absolute Gasteiger partial charge is 0.325 e. The van der Waals surface area contributed by atoms with Crippen LogP contribution in [-0.2, 0) is 0 Å². The van der Waals surface area contributed by atoms with E-state index in [2.05, 4.69) is 41.7 Å². The van der Waals surface area contributed by atoms with Crippen molar-refractivity contribution < 1.29 is 0 Å². The number of H-pyrrole nitrogens is 3. The number of nitrogen functional groups attached to an aromatic ring is 1. The second kappa shape index (κ2) is 6.16. The van der Waals surface area contributed by atoms with Gasteiger partial charge in [0, 0.05) is 6.20 Å². The summed E-state index contributed by atoms with van der Waals surface area (Å²) in [6.45, 7) is 1.62. The maximum Gasteiger partial charge on any atom is 0.325 e. The van der Waals surface area contributed by atoms with Crippen LogP contribution >= 0.6 is 0 Å². The first-order valence-electron chi connectivity index (χ1n) is 5.76. The van der Waals surface area contributed by atoms with Gasteiger partial charge >= 0.3 is 5.69 Å². The highest BCUT2D eigenvalue weighted by Gasteiger charge is 1.99. The standard InChI is InChI=1S/C7H6N2O2.C5H5N5/c1-2-3-5-4-8-7(11)9-6(5)10;6-4-3-5(9-1-7-3)10-2-8-4/h4H,1H3,(H2,8,9,10,11);1-2H,(H3,6,7,8,9,10). The number of nitrogens with zero attached hydrogens (tertiary/aromatic N) is 3.